The van der Waals surface area contributed by atoms with Crippen LogP contribution in [-0.4, -0.2) is 51.3 Å². The van der Waals surface area contributed by atoms with E-state index in [0.29, 0.717) is 13.2 Å². The van der Waals surface area contributed by atoms with Crippen molar-refractivity contribution in [3.63, 3.8) is 0 Å². The molecule has 2 aliphatic heterocycles. The molecule has 1 unspecified atom stereocenters. The van der Waals surface area contributed by atoms with Gasteiger partial charge in [-0.2, -0.15) is 0 Å². The van der Waals surface area contributed by atoms with Gasteiger partial charge < -0.3 is 19.5 Å². The van der Waals surface area contributed by atoms with E-state index in [1.165, 1.54) is 0 Å². The summed E-state index contributed by atoms with van der Waals surface area (Å²) in [6, 6.07) is -0.178. The molecule has 7 heteroatoms. The first-order valence-electron chi connectivity index (χ1n) is 4.79. The van der Waals surface area contributed by atoms with E-state index in [-0.39, 0.29) is 18.2 Å². The van der Waals surface area contributed by atoms with Gasteiger partial charge in [0.1, 0.15) is 23.4 Å². The minimum atomic E-state index is -0.739. The Kier molecular flexibility index (Phi) is 2.81. The molecule has 0 radical (unpaired) electrons. The first kappa shape index (κ1) is 10.7. The fourth-order valence-electron chi connectivity index (χ4n) is 2.25. The van der Waals surface area contributed by atoms with Crippen LogP contribution >= 0.6 is 0 Å². The molecule has 15 heavy (non-hydrogen) atoms. The fraction of sp³-hybridized carbons (Fsp3) is 1.00. The Morgan fingerprint density at radius 2 is 2.27 bits per heavy atom. The third kappa shape index (κ3) is 1.49. The Hall–Kier alpha value is -0.850. The first-order chi connectivity index (χ1) is 7.27. The lowest BCUT2D eigenvalue weighted by atomic mass is 10.0. The van der Waals surface area contributed by atoms with Crippen LogP contribution in [0.5, 0.6) is 0 Å². The van der Waals surface area contributed by atoms with Crippen LogP contribution in [0.25, 0.3) is 0 Å². The highest BCUT2D eigenvalue weighted by molar-refractivity contribution is 5.07. The molecule has 2 fully saturated rings. The predicted molar refractivity (Wildman–Crippen MR) is 49.3 cm³/mol. The van der Waals surface area contributed by atoms with E-state index in [9.17, 15) is 0 Å². The number of hydrogen-bond donors (Lipinski definition) is 2. The van der Waals surface area contributed by atoms with Gasteiger partial charge in [-0.05, 0) is 0 Å². The average Bonchev–Trinajstić information content (AvgIpc) is 2.80. The standard InChI is InChI=1S/C8H15N4O3/c1-13-8(14-2)4-15-6-5(11-12-9)3-10-7(6)8/h5-7,9-10H,3-4H2,1-2H3/q+1/t5?,6-,7+/m1/s1. The lowest BCUT2D eigenvalue weighted by molar-refractivity contribution is -0.213. The summed E-state index contributed by atoms with van der Waals surface area (Å²) in [5, 5.41) is 7.03. The second-order valence-electron chi connectivity index (χ2n) is 3.66. The van der Waals surface area contributed by atoms with Crippen molar-refractivity contribution in [1.29, 1.82) is 5.53 Å². The van der Waals surface area contributed by atoms with Crippen LogP contribution in [0, 0.1) is 5.53 Å². The van der Waals surface area contributed by atoms with Crippen LogP contribution in [0.4, 0.5) is 0 Å². The molecule has 84 valence electrons. The highest BCUT2D eigenvalue weighted by Gasteiger charge is 2.58. The molecule has 0 bridgehead atoms. The van der Waals surface area contributed by atoms with Crippen molar-refractivity contribution in [2.45, 2.75) is 24.0 Å². The van der Waals surface area contributed by atoms with Crippen molar-refractivity contribution >= 4 is 0 Å². The molecule has 3 atom stereocenters. The highest BCUT2D eigenvalue weighted by Crippen LogP contribution is 2.34. The summed E-state index contributed by atoms with van der Waals surface area (Å²) in [5.41, 5.74) is 6.72. The maximum atomic E-state index is 6.72. The maximum absolute atomic E-state index is 6.72. The normalized spacial score (nSPS) is 37.3. The zero-order valence-corrected chi connectivity index (χ0v) is 8.77. The molecular formula is C8H15N4O3+. The zero-order valence-electron chi connectivity index (χ0n) is 8.77. The van der Waals surface area contributed by atoms with Crippen molar-refractivity contribution in [3.8, 4) is 0 Å². The Morgan fingerprint density at radius 1 is 1.53 bits per heavy atom. The van der Waals surface area contributed by atoms with Crippen molar-refractivity contribution in [3.05, 3.63) is 0 Å². The van der Waals surface area contributed by atoms with Crippen LogP contribution in [0.15, 0.2) is 5.11 Å². The Labute approximate surface area is 87.3 Å². The lowest BCUT2D eigenvalue weighted by Crippen LogP contribution is -2.51. The third-order valence-electron chi connectivity index (χ3n) is 3.10. The molecule has 7 nitrogen and oxygen atoms in total. The van der Waals surface area contributed by atoms with Gasteiger partial charge in [0.05, 0.1) is 6.04 Å². The molecule has 0 amide bonds. The van der Waals surface area contributed by atoms with Gasteiger partial charge in [0.25, 0.3) is 0 Å². The number of nitrogens with one attached hydrogen (secondary N) is 2. The van der Waals surface area contributed by atoms with Crippen molar-refractivity contribution in [2.75, 3.05) is 27.4 Å². The summed E-state index contributed by atoms with van der Waals surface area (Å²) in [6.07, 6.45) is -0.126. The zero-order chi connectivity index (χ0) is 10.9. The van der Waals surface area contributed by atoms with Gasteiger partial charge in [-0.3, -0.25) is 0 Å². The van der Waals surface area contributed by atoms with Crippen molar-refractivity contribution in [1.82, 2.24) is 10.2 Å². The highest BCUT2D eigenvalue weighted by atomic mass is 16.7. The maximum Gasteiger partial charge on any atom is 0.214 e. The molecule has 0 aliphatic carbocycles. The monoisotopic (exact) mass is 215 g/mol. The minimum Gasteiger partial charge on any atom is -0.368 e. The number of methoxy groups -OCH3 is 2. The molecule has 0 aromatic carbocycles. The SMILES string of the molecule is COC1(OC)CO[C@@H]2C(N=[N+]=N)CN[C@@H]21. The fourth-order valence-corrected chi connectivity index (χ4v) is 2.25. The second kappa shape index (κ2) is 3.96. The average molecular weight is 215 g/mol. The summed E-state index contributed by atoms with van der Waals surface area (Å²) in [5.74, 6) is -0.739. The number of hydrogen-bond acceptors (Lipinski definition) is 6. The molecular weight excluding hydrogens is 200 g/mol. The van der Waals surface area contributed by atoms with E-state index in [2.05, 4.69) is 15.3 Å². The van der Waals surface area contributed by atoms with Gasteiger partial charge in [0, 0.05) is 20.8 Å². The Morgan fingerprint density at radius 3 is 2.87 bits per heavy atom. The smallest absolute Gasteiger partial charge is 0.214 e. The molecule has 2 aliphatic rings. The molecule has 2 saturated heterocycles. The van der Waals surface area contributed by atoms with Crippen LogP contribution in [0.1, 0.15) is 0 Å². The Balaban J connectivity index is 2.17. The van der Waals surface area contributed by atoms with Crippen LogP contribution in [0.2, 0.25) is 0 Å². The van der Waals surface area contributed by atoms with E-state index < -0.39 is 5.79 Å². The van der Waals surface area contributed by atoms with Crippen LogP contribution in [0.3, 0.4) is 0 Å². The van der Waals surface area contributed by atoms with E-state index in [4.69, 9.17) is 19.7 Å². The van der Waals surface area contributed by atoms with Crippen LogP contribution in [-0.2, 0) is 14.2 Å². The van der Waals surface area contributed by atoms with Crippen LogP contribution < -0.4 is 10.2 Å². The van der Waals surface area contributed by atoms with Gasteiger partial charge in [-0.15, -0.1) is 0 Å². The minimum absolute atomic E-state index is 0.0528. The summed E-state index contributed by atoms with van der Waals surface area (Å²) in [7, 11) is 3.19. The van der Waals surface area contributed by atoms with E-state index >= 15 is 0 Å². The summed E-state index contributed by atoms with van der Waals surface area (Å²) < 4.78 is 16.3. The summed E-state index contributed by atoms with van der Waals surface area (Å²) >= 11 is 0. The number of rotatable bonds is 3. The first-order valence-corrected chi connectivity index (χ1v) is 4.79. The topological polar surface area (TPSA) is 90.0 Å². The number of nitrogens with zero attached hydrogens (tertiary/aromatic N) is 2. The van der Waals surface area contributed by atoms with E-state index in [1.54, 1.807) is 14.2 Å². The number of fused-ring (bicyclic) bond motifs is 1. The molecule has 2 rings (SSSR count). The van der Waals surface area contributed by atoms with Gasteiger partial charge in [-0.25, -0.2) is 0 Å². The Bertz CT molecular complexity index is 288. The van der Waals surface area contributed by atoms with Gasteiger partial charge >= 0.3 is 0 Å². The molecule has 0 aromatic rings. The van der Waals surface area contributed by atoms with E-state index in [1.807, 2.05) is 0 Å². The van der Waals surface area contributed by atoms with Crippen molar-refractivity contribution < 1.29 is 14.2 Å². The van der Waals surface area contributed by atoms with Gasteiger partial charge in [0.2, 0.25) is 10.7 Å². The molecule has 2 heterocycles. The van der Waals surface area contributed by atoms with Gasteiger partial charge in [-0.1, -0.05) is 0 Å². The quantitative estimate of drug-likeness (QED) is 0.369. The molecule has 0 aromatic heterocycles. The predicted octanol–water partition coefficient (Wildman–Crippen LogP) is -0.735. The molecule has 0 spiro atoms. The summed E-state index contributed by atoms with van der Waals surface area (Å²) in [4.78, 5) is 3.05. The molecule has 2 N–H and O–H groups in total. The van der Waals surface area contributed by atoms with Crippen molar-refractivity contribution in [2.24, 2.45) is 5.11 Å². The summed E-state index contributed by atoms with van der Waals surface area (Å²) in [6.45, 7) is 0.999. The molecule has 0 saturated carbocycles. The lowest BCUT2D eigenvalue weighted by Gasteiger charge is -2.29. The number of ether oxygens (including phenoxy) is 3. The second-order valence-corrected chi connectivity index (χ2v) is 3.66. The van der Waals surface area contributed by atoms with Gasteiger partial charge in [0.15, 0.2) is 6.04 Å². The third-order valence-corrected chi connectivity index (χ3v) is 3.10. The largest absolute Gasteiger partial charge is 0.368 e. The van der Waals surface area contributed by atoms with E-state index in [0.717, 1.165) is 0 Å².